The van der Waals surface area contributed by atoms with Crippen molar-refractivity contribution in [2.24, 2.45) is 0 Å². The molecule has 0 fully saturated rings. The Hall–Kier alpha value is -3.31. The predicted octanol–water partition coefficient (Wildman–Crippen LogP) is 5.60. The standard InChI is InChI=1S/C25H25N3OS/c1-17-6-5-7-19(14-17)28-25(30)27-15-22(18-10-12-20(29-2)13-11-18)23-16-26-24-9-4-3-8-21(23)24/h3-14,16,22,26H,15H2,1-2H3,(H2,27,28,30)/t22-/m1/s1. The van der Waals surface area contributed by atoms with Gasteiger partial charge in [-0.2, -0.15) is 0 Å². The van der Waals surface area contributed by atoms with Crippen LogP contribution in [0.1, 0.15) is 22.6 Å². The van der Waals surface area contributed by atoms with E-state index < -0.39 is 0 Å². The van der Waals surface area contributed by atoms with E-state index in [-0.39, 0.29) is 5.92 Å². The maximum atomic E-state index is 5.56. The second kappa shape index (κ2) is 9.01. The number of methoxy groups -OCH3 is 1. The molecular formula is C25H25N3OS. The fraction of sp³-hybridized carbons (Fsp3) is 0.160. The van der Waals surface area contributed by atoms with Crippen LogP contribution in [0.4, 0.5) is 5.69 Å². The van der Waals surface area contributed by atoms with Gasteiger partial charge in [0.2, 0.25) is 0 Å². The number of aryl methyl sites for hydroxylation is 1. The Morgan fingerprint density at radius 1 is 1.03 bits per heavy atom. The molecule has 1 aromatic heterocycles. The quantitative estimate of drug-likeness (QED) is 0.359. The van der Waals surface area contributed by atoms with E-state index >= 15 is 0 Å². The van der Waals surface area contributed by atoms with Gasteiger partial charge in [-0.25, -0.2) is 0 Å². The number of hydrogen-bond acceptors (Lipinski definition) is 2. The Bertz CT molecular complexity index is 1150. The molecule has 0 aliphatic rings. The van der Waals surface area contributed by atoms with Gasteiger partial charge in [0.15, 0.2) is 5.11 Å². The number of H-pyrrole nitrogens is 1. The third-order valence-electron chi connectivity index (χ3n) is 5.26. The van der Waals surface area contributed by atoms with Crippen molar-refractivity contribution in [1.29, 1.82) is 0 Å². The highest BCUT2D eigenvalue weighted by Crippen LogP contribution is 2.31. The number of aromatic nitrogens is 1. The number of fused-ring (bicyclic) bond motifs is 1. The summed E-state index contributed by atoms with van der Waals surface area (Å²) in [6.45, 7) is 2.74. The highest BCUT2D eigenvalue weighted by molar-refractivity contribution is 7.80. The average Bonchev–Trinajstić information content (AvgIpc) is 3.18. The Kier molecular flexibility index (Phi) is 6.00. The fourth-order valence-electron chi connectivity index (χ4n) is 3.72. The number of hydrogen-bond donors (Lipinski definition) is 3. The van der Waals surface area contributed by atoms with Gasteiger partial charge in [-0.05, 0) is 66.2 Å². The van der Waals surface area contributed by atoms with E-state index in [4.69, 9.17) is 17.0 Å². The number of rotatable bonds is 6. The molecule has 0 spiro atoms. The molecule has 1 heterocycles. The molecule has 5 heteroatoms. The fourth-order valence-corrected chi connectivity index (χ4v) is 3.92. The van der Waals surface area contributed by atoms with Crippen LogP contribution < -0.4 is 15.4 Å². The van der Waals surface area contributed by atoms with E-state index in [1.807, 2.05) is 30.3 Å². The van der Waals surface area contributed by atoms with E-state index in [2.05, 4.69) is 71.2 Å². The van der Waals surface area contributed by atoms with E-state index in [9.17, 15) is 0 Å². The number of ether oxygens (including phenoxy) is 1. The van der Waals surface area contributed by atoms with E-state index in [0.29, 0.717) is 11.7 Å². The van der Waals surface area contributed by atoms with Gasteiger partial charge < -0.3 is 20.4 Å². The minimum absolute atomic E-state index is 0.129. The first-order chi connectivity index (χ1) is 14.6. The molecule has 0 saturated heterocycles. The molecule has 1 atom stereocenters. The monoisotopic (exact) mass is 415 g/mol. The van der Waals surface area contributed by atoms with E-state index in [1.165, 1.54) is 22.1 Å². The molecule has 3 aromatic carbocycles. The van der Waals surface area contributed by atoms with Crippen molar-refractivity contribution in [3.05, 3.63) is 95.7 Å². The molecule has 0 aliphatic carbocycles. The van der Waals surface area contributed by atoms with Gasteiger partial charge in [0.05, 0.1) is 7.11 Å². The number of para-hydroxylation sites is 1. The van der Waals surface area contributed by atoms with Crippen molar-refractivity contribution in [3.63, 3.8) is 0 Å². The zero-order valence-electron chi connectivity index (χ0n) is 17.1. The zero-order valence-corrected chi connectivity index (χ0v) is 17.9. The molecule has 0 unspecified atom stereocenters. The maximum Gasteiger partial charge on any atom is 0.170 e. The lowest BCUT2D eigenvalue weighted by molar-refractivity contribution is 0.414. The maximum absolute atomic E-state index is 5.56. The largest absolute Gasteiger partial charge is 0.497 e. The van der Waals surface area contributed by atoms with Crippen molar-refractivity contribution in [2.75, 3.05) is 19.0 Å². The van der Waals surface area contributed by atoms with Crippen LogP contribution in [0.2, 0.25) is 0 Å². The van der Waals surface area contributed by atoms with Crippen LogP contribution in [0.3, 0.4) is 0 Å². The van der Waals surface area contributed by atoms with Crippen LogP contribution in [0.15, 0.2) is 79.0 Å². The molecule has 0 aliphatic heterocycles. The molecule has 152 valence electrons. The predicted molar refractivity (Wildman–Crippen MR) is 129 cm³/mol. The lowest BCUT2D eigenvalue weighted by Crippen LogP contribution is -2.32. The number of aromatic amines is 1. The summed E-state index contributed by atoms with van der Waals surface area (Å²) in [4.78, 5) is 3.39. The lowest BCUT2D eigenvalue weighted by Gasteiger charge is -2.20. The van der Waals surface area contributed by atoms with Crippen molar-refractivity contribution < 1.29 is 4.74 Å². The van der Waals surface area contributed by atoms with Crippen LogP contribution >= 0.6 is 12.2 Å². The van der Waals surface area contributed by atoms with Gasteiger partial charge >= 0.3 is 0 Å². The van der Waals surface area contributed by atoms with Gasteiger partial charge in [-0.15, -0.1) is 0 Å². The normalized spacial score (nSPS) is 11.8. The first-order valence-corrected chi connectivity index (χ1v) is 10.4. The highest BCUT2D eigenvalue weighted by Gasteiger charge is 2.18. The smallest absolute Gasteiger partial charge is 0.170 e. The third-order valence-corrected chi connectivity index (χ3v) is 5.50. The second-order valence-electron chi connectivity index (χ2n) is 7.32. The van der Waals surface area contributed by atoms with Crippen molar-refractivity contribution >= 4 is 33.9 Å². The first kappa shape index (κ1) is 20.0. The average molecular weight is 416 g/mol. The second-order valence-corrected chi connectivity index (χ2v) is 7.73. The Labute approximate surface area is 182 Å². The number of nitrogens with one attached hydrogen (secondary N) is 3. The Morgan fingerprint density at radius 2 is 1.83 bits per heavy atom. The summed E-state index contributed by atoms with van der Waals surface area (Å²) in [6, 6.07) is 24.8. The van der Waals surface area contributed by atoms with Gasteiger partial charge in [-0.3, -0.25) is 0 Å². The molecule has 0 saturated carbocycles. The minimum Gasteiger partial charge on any atom is -0.497 e. The van der Waals surface area contributed by atoms with Crippen molar-refractivity contribution in [3.8, 4) is 5.75 Å². The SMILES string of the molecule is COc1ccc([C@@H](CNC(=S)Nc2cccc(C)c2)c2c[nH]c3ccccc23)cc1. The Balaban J connectivity index is 1.58. The molecule has 3 N–H and O–H groups in total. The molecule has 30 heavy (non-hydrogen) atoms. The van der Waals surface area contributed by atoms with E-state index in [1.54, 1.807) is 7.11 Å². The highest BCUT2D eigenvalue weighted by atomic mass is 32.1. The first-order valence-electron chi connectivity index (χ1n) is 9.95. The molecule has 4 rings (SSSR count). The van der Waals surface area contributed by atoms with Crippen LogP contribution in [0.25, 0.3) is 10.9 Å². The molecule has 0 radical (unpaired) electrons. The van der Waals surface area contributed by atoms with Gasteiger partial charge in [0.1, 0.15) is 5.75 Å². The molecule has 0 amide bonds. The third kappa shape index (κ3) is 4.47. The molecule has 4 aromatic rings. The summed E-state index contributed by atoms with van der Waals surface area (Å²) in [5.41, 5.74) is 5.75. The van der Waals surface area contributed by atoms with Gasteiger partial charge in [0, 0.05) is 35.2 Å². The zero-order chi connectivity index (χ0) is 20.9. The van der Waals surface area contributed by atoms with Crippen molar-refractivity contribution in [2.45, 2.75) is 12.8 Å². The summed E-state index contributed by atoms with van der Waals surface area (Å²) >= 11 is 5.56. The van der Waals surface area contributed by atoms with Crippen LogP contribution in [0, 0.1) is 6.92 Å². The summed E-state index contributed by atoms with van der Waals surface area (Å²) in [5.74, 6) is 0.977. The summed E-state index contributed by atoms with van der Waals surface area (Å²) in [7, 11) is 1.68. The summed E-state index contributed by atoms with van der Waals surface area (Å²) in [5, 5.41) is 8.52. The number of anilines is 1. The van der Waals surface area contributed by atoms with Crippen molar-refractivity contribution in [1.82, 2.24) is 10.3 Å². The summed E-state index contributed by atoms with van der Waals surface area (Å²) < 4.78 is 5.33. The summed E-state index contributed by atoms with van der Waals surface area (Å²) in [6.07, 6.45) is 2.10. The van der Waals surface area contributed by atoms with E-state index in [0.717, 1.165) is 17.0 Å². The van der Waals surface area contributed by atoms with Crippen LogP contribution in [-0.2, 0) is 0 Å². The molecular weight excluding hydrogens is 390 g/mol. The molecule has 0 bridgehead atoms. The van der Waals surface area contributed by atoms with Gasteiger partial charge in [-0.1, -0.05) is 42.5 Å². The van der Waals surface area contributed by atoms with Gasteiger partial charge in [0.25, 0.3) is 0 Å². The topological polar surface area (TPSA) is 49.1 Å². The van der Waals surface area contributed by atoms with Crippen LogP contribution in [0.5, 0.6) is 5.75 Å². The number of benzene rings is 3. The lowest BCUT2D eigenvalue weighted by atomic mass is 9.91. The van der Waals surface area contributed by atoms with Crippen LogP contribution in [-0.4, -0.2) is 23.8 Å². The number of thiocarbonyl (C=S) groups is 1. The molecule has 4 nitrogen and oxygen atoms in total. The minimum atomic E-state index is 0.129. The Morgan fingerprint density at radius 3 is 2.60 bits per heavy atom.